The van der Waals surface area contributed by atoms with Crippen molar-refractivity contribution in [3.63, 3.8) is 0 Å². The lowest BCUT2D eigenvalue weighted by atomic mass is 9.92. The van der Waals surface area contributed by atoms with E-state index in [0.717, 1.165) is 16.5 Å². The molecule has 0 N–H and O–H groups in total. The van der Waals surface area contributed by atoms with Gasteiger partial charge < -0.3 is 4.74 Å². The van der Waals surface area contributed by atoms with Gasteiger partial charge in [0.1, 0.15) is 5.75 Å². The first-order chi connectivity index (χ1) is 16.2. The minimum Gasteiger partial charge on any atom is -0.446 e. The van der Waals surface area contributed by atoms with Gasteiger partial charge >= 0.3 is 0 Å². The maximum absolute atomic E-state index is 6.39. The van der Waals surface area contributed by atoms with E-state index in [0.29, 0.717) is 5.92 Å². The number of ether oxygens (including phenoxy) is 1. The molecule has 2 nitrogen and oxygen atoms in total. The number of benzene rings is 3. The number of hydrogen-bond donors (Lipinski definition) is 0. The predicted octanol–water partition coefficient (Wildman–Crippen LogP) is 8.89. The number of nitrogens with zero attached hydrogens (tertiary/aromatic N) is 1. The van der Waals surface area contributed by atoms with E-state index in [1.165, 1.54) is 42.7 Å². The van der Waals surface area contributed by atoms with Crippen LogP contribution >= 0.6 is 11.3 Å². The number of pyridine rings is 1. The third kappa shape index (κ3) is 4.17. The van der Waals surface area contributed by atoms with Crippen molar-refractivity contribution in [2.45, 2.75) is 46.3 Å². The number of aryl methyl sites for hydroxylation is 1. The Morgan fingerprint density at radius 1 is 0.882 bits per heavy atom. The molecular formula is C30H31NOSSi. The first kappa shape index (κ1) is 22.8. The van der Waals surface area contributed by atoms with Crippen LogP contribution in [0.1, 0.15) is 30.9 Å². The molecule has 5 rings (SSSR count). The molecule has 3 aromatic carbocycles. The van der Waals surface area contributed by atoms with Crippen LogP contribution in [0, 0.1) is 6.92 Å². The summed E-state index contributed by atoms with van der Waals surface area (Å²) in [5.74, 6) is 1.33. The summed E-state index contributed by atoms with van der Waals surface area (Å²) in [7, 11) is -1.32. The number of aromatic nitrogens is 1. The zero-order valence-corrected chi connectivity index (χ0v) is 22.6. The van der Waals surface area contributed by atoms with E-state index in [2.05, 4.69) is 107 Å². The third-order valence-electron chi connectivity index (χ3n) is 6.53. The van der Waals surface area contributed by atoms with Crippen LogP contribution in [0.25, 0.3) is 32.1 Å². The van der Waals surface area contributed by atoms with Gasteiger partial charge in [0.2, 0.25) is 0 Å². The molecule has 0 aliphatic rings. The lowest BCUT2D eigenvalue weighted by Crippen LogP contribution is -2.37. The average molecular weight is 482 g/mol. The summed E-state index contributed by atoms with van der Waals surface area (Å²) in [6.07, 6.45) is 1.92. The first-order valence-corrected chi connectivity index (χ1v) is 16.2. The zero-order valence-electron chi connectivity index (χ0n) is 20.8. The average Bonchev–Trinajstić information content (AvgIpc) is 3.13. The summed E-state index contributed by atoms with van der Waals surface area (Å²) < 4.78 is 7.57. The molecule has 34 heavy (non-hydrogen) atoms. The SMILES string of the molecule is Cc1c(Oc2ccc([Si](C)(C)C)cc2)sc2c(-c3cc(C(C)C)c4ccccc4c3)nccc12. The molecular weight excluding hydrogens is 450 g/mol. The highest BCUT2D eigenvalue weighted by Crippen LogP contribution is 2.44. The molecule has 2 aromatic heterocycles. The van der Waals surface area contributed by atoms with E-state index < -0.39 is 8.07 Å². The van der Waals surface area contributed by atoms with E-state index in [9.17, 15) is 0 Å². The van der Waals surface area contributed by atoms with Crippen LogP contribution in [-0.4, -0.2) is 13.1 Å². The number of fused-ring (bicyclic) bond motifs is 2. The molecule has 5 aromatic rings. The molecule has 0 saturated carbocycles. The van der Waals surface area contributed by atoms with Crippen molar-refractivity contribution in [1.82, 2.24) is 4.98 Å². The van der Waals surface area contributed by atoms with Gasteiger partial charge in [0.05, 0.1) is 18.5 Å². The van der Waals surface area contributed by atoms with Gasteiger partial charge in [-0.15, -0.1) is 0 Å². The molecule has 0 radical (unpaired) electrons. The molecule has 0 bridgehead atoms. The van der Waals surface area contributed by atoms with Crippen molar-refractivity contribution in [1.29, 1.82) is 0 Å². The van der Waals surface area contributed by atoms with E-state index in [1.54, 1.807) is 11.3 Å². The van der Waals surface area contributed by atoms with Crippen molar-refractivity contribution >= 4 is 45.5 Å². The second-order valence-corrected chi connectivity index (χ2v) is 16.4. The van der Waals surface area contributed by atoms with Crippen LogP contribution in [-0.2, 0) is 0 Å². The summed E-state index contributed by atoms with van der Waals surface area (Å²) >= 11 is 1.69. The fourth-order valence-electron chi connectivity index (χ4n) is 4.51. The van der Waals surface area contributed by atoms with Crippen molar-refractivity contribution in [3.05, 3.63) is 84.1 Å². The number of rotatable bonds is 5. The summed E-state index contributed by atoms with van der Waals surface area (Å²) in [6, 6.07) is 24.0. The maximum Gasteiger partial charge on any atom is 0.185 e. The maximum atomic E-state index is 6.39. The number of thiophene rings is 1. The molecule has 0 spiro atoms. The van der Waals surface area contributed by atoms with Gasteiger partial charge in [-0.2, -0.15) is 0 Å². The Bertz CT molecular complexity index is 1490. The van der Waals surface area contributed by atoms with Crippen LogP contribution in [0.2, 0.25) is 19.6 Å². The fourth-order valence-corrected chi connectivity index (χ4v) is 6.87. The molecule has 0 unspecified atom stereocenters. The van der Waals surface area contributed by atoms with Gasteiger partial charge in [-0.3, -0.25) is 4.98 Å². The Hall–Kier alpha value is -2.95. The summed E-state index contributed by atoms with van der Waals surface area (Å²) in [6.45, 7) is 13.8. The molecule has 2 heterocycles. The normalized spacial score (nSPS) is 12.1. The van der Waals surface area contributed by atoms with Crippen LogP contribution in [0.4, 0.5) is 0 Å². The van der Waals surface area contributed by atoms with E-state index in [4.69, 9.17) is 9.72 Å². The van der Waals surface area contributed by atoms with Crippen LogP contribution in [0.5, 0.6) is 10.8 Å². The van der Waals surface area contributed by atoms with Crippen LogP contribution in [0.15, 0.2) is 72.9 Å². The van der Waals surface area contributed by atoms with Crippen molar-refractivity contribution < 1.29 is 4.74 Å². The minimum absolute atomic E-state index is 0.437. The van der Waals surface area contributed by atoms with Gasteiger partial charge in [-0.1, -0.05) is 86.4 Å². The molecule has 172 valence electrons. The van der Waals surface area contributed by atoms with E-state index in [1.807, 2.05) is 6.20 Å². The topological polar surface area (TPSA) is 22.1 Å². The Labute approximate surface area is 207 Å². The summed E-state index contributed by atoms with van der Waals surface area (Å²) in [5, 5.41) is 6.17. The highest BCUT2D eigenvalue weighted by Gasteiger charge is 2.19. The predicted molar refractivity (Wildman–Crippen MR) is 151 cm³/mol. The molecule has 4 heteroatoms. The third-order valence-corrected chi connectivity index (χ3v) is 9.79. The van der Waals surface area contributed by atoms with Crippen molar-refractivity contribution in [3.8, 4) is 22.1 Å². The summed E-state index contributed by atoms with van der Waals surface area (Å²) in [4.78, 5) is 4.84. The van der Waals surface area contributed by atoms with Gasteiger partial charge in [0, 0.05) is 22.7 Å². The lowest BCUT2D eigenvalue weighted by molar-refractivity contribution is 0.494. The molecule has 0 aliphatic heterocycles. The molecule has 0 amide bonds. The quantitative estimate of drug-likeness (QED) is 0.234. The molecule has 0 saturated heterocycles. The largest absolute Gasteiger partial charge is 0.446 e. The fraction of sp³-hybridized carbons (Fsp3) is 0.233. The molecule has 0 fully saturated rings. The van der Waals surface area contributed by atoms with Crippen LogP contribution in [0.3, 0.4) is 0 Å². The van der Waals surface area contributed by atoms with Crippen molar-refractivity contribution in [2.24, 2.45) is 0 Å². The summed E-state index contributed by atoms with van der Waals surface area (Å²) in [5.41, 5.74) is 4.73. The minimum atomic E-state index is -1.32. The molecule has 0 atom stereocenters. The van der Waals surface area contributed by atoms with E-state index >= 15 is 0 Å². The highest BCUT2D eigenvalue weighted by atomic mass is 32.1. The van der Waals surface area contributed by atoms with Gasteiger partial charge in [-0.25, -0.2) is 0 Å². The van der Waals surface area contributed by atoms with E-state index in [-0.39, 0.29) is 0 Å². The standard InChI is InChI=1S/C30H31NOSSi/c1-19(2)27-18-22(17-21-9-7-8-10-26(21)27)28-29-25(15-16-31-28)20(3)30(33-29)32-23-11-13-24(14-12-23)34(4,5)6/h7-19H,1-6H3. The van der Waals surface area contributed by atoms with Crippen LogP contribution < -0.4 is 9.92 Å². The van der Waals surface area contributed by atoms with Crippen molar-refractivity contribution in [2.75, 3.05) is 0 Å². The Balaban J connectivity index is 1.59. The second kappa shape index (κ2) is 8.68. The smallest absolute Gasteiger partial charge is 0.185 e. The monoisotopic (exact) mass is 481 g/mol. The first-order valence-electron chi connectivity index (χ1n) is 11.9. The van der Waals surface area contributed by atoms with Gasteiger partial charge in [0.25, 0.3) is 0 Å². The lowest BCUT2D eigenvalue weighted by Gasteiger charge is -2.16. The Morgan fingerprint density at radius 3 is 2.32 bits per heavy atom. The second-order valence-electron chi connectivity index (χ2n) is 10.4. The van der Waals surface area contributed by atoms with Gasteiger partial charge in [0.15, 0.2) is 5.06 Å². The Kier molecular flexibility index (Phi) is 5.83. The van der Waals surface area contributed by atoms with Gasteiger partial charge in [-0.05, 0) is 59.5 Å². The number of hydrogen-bond acceptors (Lipinski definition) is 3. The molecule has 0 aliphatic carbocycles. The highest BCUT2D eigenvalue weighted by molar-refractivity contribution is 7.21. The zero-order chi connectivity index (χ0) is 24.0. The Morgan fingerprint density at radius 2 is 1.62 bits per heavy atom.